The van der Waals surface area contributed by atoms with Crippen LogP contribution in [0.1, 0.15) is 5.56 Å². The average molecular weight is 415 g/mol. The zero-order valence-electron chi connectivity index (χ0n) is 17.2. The highest BCUT2D eigenvalue weighted by molar-refractivity contribution is 5.92. The summed E-state index contributed by atoms with van der Waals surface area (Å²) in [6.45, 7) is 1.81. The van der Waals surface area contributed by atoms with Crippen molar-refractivity contribution in [1.29, 1.82) is 0 Å². The Labute approximate surface area is 179 Å². The molecule has 0 saturated carbocycles. The third kappa shape index (κ3) is 4.75. The highest BCUT2D eigenvalue weighted by atomic mass is 16.5. The molecule has 6 nitrogen and oxygen atoms in total. The number of carbonyl (C=O) groups is 1. The third-order valence-corrected chi connectivity index (χ3v) is 4.78. The SMILES string of the molecule is COc1ccc(NC(=O)COc2ccc3oc(-c4ccc(C)cc4)cc(=O)c3c2)cc1. The molecule has 6 heteroatoms. The van der Waals surface area contributed by atoms with E-state index in [0.717, 1.165) is 11.1 Å². The average Bonchev–Trinajstić information content (AvgIpc) is 2.79. The van der Waals surface area contributed by atoms with E-state index in [1.54, 1.807) is 49.6 Å². The number of methoxy groups -OCH3 is 1. The molecular weight excluding hydrogens is 394 g/mol. The van der Waals surface area contributed by atoms with Gasteiger partial charge >= 0.3 is 0 Å². The van der Waals surface area contributed by atoms with Crippen LogP contribution in [-0.4, -0.2) is 19.6 Å². The normalized spacial score (nSPS) is 10.6. The maximum absolute atomic E-state index is 12.6. The Morgan fingerprint density at radius 1 is 0.935 bits per heavy atom. The number of anilines is 1. The number of nitrogens with one attached hydrogen (secondary N) is 1. The standard InChI is InChI=1S/C25H21NO5/c1-16-3-5-17(6-4-16)24-14-22(27)21-13-20(11-12-23(21)31-24)30-15-25(28)26-18-7-9-19(29-2)10-8-18/h3-14H,15H2,1-2H3,(H,26,28). The predicted molar refractivity (Wildman–Crippen MR) is 120 cm³/mol. The molecule has 1 amide bonds. The molecule has 1 heterocycles. The lowest BCUT2D eigenvalue weighted by atomic mass is 10.1. The second-order valence-electron chi connectivity index (χ2n) is 7.06. The summed E-state index contributed by atoms with van der Waals surface area (Å²) in [5.74, 6) is 1.31. The van der Waals surface area contributed by atoms with E-state index < -0.39 is 0 Å². The van der Waals surface area contributed by atoms with Crippen molar-refractivity contribution in [1.82, 2.24) is 0 Å². The minimum atomic E-state index is -0.313. The van der Waals surface area contributed by atoms with E-state index in [2.05, 4.69) is 5.32 Å². The van der Waals surface area contributed by atoms with Crippen LogP contribution < -0.4 is 20.2 Å². The molecular formula is C25H21NO5. The summed E-state index contributed by atoms with van der Waals surface area (Å²) in [5, 5.41) is 3.13. The first kappa shape index (κ1) is 20.2. The predicted octanol–water partition coefficient (Wildman–Crippen LogP) is 4.79. The third-order valence-electron chi connectivity index (χ3n) is 4.78. The van der Waals surface area contributed by atoms with Crippen LogP contribution in [0.2, 0.25) is 0 Å². The monoisotopic (exact) mass is 415 g/mol. The number of amides is 1. The summed E-state index contributed by atoms with van der Waals surface area (Å²) in [6.07, 6.45) is 0. The quantitative estimate of drug-likeness (QED) is 0.490. The summed E-state index contributed by atoms with van der Waals surface area (Å²) >= 11 is 0. The van der Waals surface area contributed by atoms with Crippen molar-refractivity contribution in [3.05, 3.63) is 88.6 Å². The van der Waals surface area contributed by atoms with Gasteiger partial charge in [-0.1, -0.05) is 29.8 Å². The van der Waals surface area contributed by atoms with Gasteiger partial charge in [0, 0.05) is 17.3 Å². The summed E-state index contributed by atoms with van der Waals surface area (Å²) in [5.41, 5.74) is 2.88. The molecule has 0 aliphatic carbocycles. The van der Waals surface area contributed by atoms with E-state index in [9.17, 15) is 9.59 Å². The van der Waals surface area contributed by atoms with Crippen LogP contribution in [0.4, 0.5) is 5.69 Å². The Kier molecular flexibility index (Phi) is 5.71. The maximum Gasteiger partial charge on any atom is 0.262 e. The zero-order chi connectivity index (χ0) is 21.8. The topological polar surface area (TPSA) is 77.8 Å². The number of carbonyl (C=O) groups excluding carboxylic acids is 1. The highest BCUT2D eigenvalue weighted by Gasteiger charge is 2.10. The molecule has 0 fully saturated rings. The number of hydrogen-bond acceptors (Lipinski definition) is 5. The number of hydrogen-bond donors (Lipinski definition) is 1. The summed E-state index contributed by atoms with van der Waals surface area (Å²) < 4.78 is 16.6. The molecule has 0 aliphatic heterocycles. The zero-order valence-corrected chi connectivity index (χ0v) is 17.2. The van der Waals surface area contributed by atoms with E-state index in [1.807, 2.05) is 31.2 Å². The van der Waals surface area contributed by atoms with Crippen molar-refractivity contribution in [2.75, 3.05) is 19.0 Å². The van der Waals surface area contributed by atoms with Gasteiger partial charge in [0.2, 0.25) is 0 Å². The molecule has 0 spiro atoms. The van der Waals surface area contributed by atoms with Crippen LogP contribution in [-0.2, 0) is 4.79 Å². The first-order valence-electron chi connectivity index (χ1n) is 9.73. The minimum Gasteiger partial charge on any atom is -0.497 e. The largest absolute Gasteiger partial charge is 0.497 e. The molecule has 156 valence electrons. The first-order chi connectivity index (χ1) is 15.0. The Balaban J connectivity index is 1.46. The van der Waals surface area contributed by atoms with Gasteiger partial charge in [-0.05, 0) is 49.4 Å². The van der Waals surface area contributed by atoms with Gasteiger partial charge in [-0.25, -0.2) is 0 Å². The van der Waals surface area contributed by atoms with Crippen molar-refractivity contribution in [3.8, 4) is 22.8 Å². The Morgan fingerprint density at radius 3 is 2.35 bits per heavy atom. The fourth-order valence-corrected chi connectivity index (χ4v) is 3.11. The smallest absolute Gasteiger partial charge is 0.262 e. The van der Waals surface area contributed by atoms with Crippen LogP contribution >= 0.6 is 0 Å². The number of fused-ring (bicyclic) bond motifs is 1. The molecule has 1 N–H and O–H groups in total. The molecule has 1 aromatic heterocycles. The minimum absolute atomic E-state index is 0.176. The van der Waals surface area contributed by atoms with Gasteiger partial charge in [0.05, 0.1) is 12.5 Å². The number of rotatable bonds is 6. The molecule has 31 heavy (non-hydrogen) atoms. The van der Waals surface area contributed by atoms with Crippen LogP contribution in [0.25, 0.3) is 22.3 Å². The maximum atomic E-state index is 12.6. The second-order valence-corrected chi connectivity index (χ2v) is 7.06. The molecule has 4 aromatic rings. The first-order valence-corrected chi connectivity index (χ1v) is 9.73. The lowest BCUT2D eigenvalue weighted by molar-refractivity contribution is -0.118. The number of benzene rings is 3. The molecule has 3 aromatic carbocycles. The van der Waals surface area contributed by atoms with E-state index in [0.29, 0.717) is 33.9 Å². The van der Waals surface area contributed by atoms with Crippen molar-refractivity contribution in [2.45, 2.75) is 6.92 Å². The van der Waals surface area contributed by atoms with E-state index in [-0.39, 0.29) is 17.9 Å². The van der Waals surface area contributed by atoms with Crippen LogP contribution in [0.3, 0.4) is 0 Å². The second kappa shape index (κ2) is 8.75. The number of ether oxygens (including phenoxy) is 2. The van der Waals surface area contributed by atoms with Crippen LogP contribution in [0.15, 0.2) is 82.0 Å². The lowest BCUT2D eigenvalue weighted by Crippen LogP contribution is -2.20. The molecule has 0 radical (unpaired) electrons. The van der Waals surface area contributed by atoms with Crippen LogP contribution in [0, 0.1) is 6.92 Å². The fraction of sp³-hybridized carbons (Fsp3) is 0.120. The molecule has 0 unspecified atom stereocenters. The Hall–Kier alpha value is -4.06. The van der Waals surface area contributed by atoms with Crippen molar-refractivity contribution in [3.63, 3.8) is 0 Å². The number of aryl methyl sites for hydroxylation is 1. The van der Waals surface area contributed by atoms with Crippen molar-refractivity contribution >= 4 is 22.6 Å². The van der Waals surface area contributed by atoms with Gasteiger partial charge in [0.1, 0.15) is 22.8 Å². The summed E-state index contributed by atoms with van der Waals surface area (Å²) in [7, 11) is 1.58. The van der Waals surface area contributed by atoms with Gasteiger partial charge in [-0.3, -0.25) is 9.59 Å². The highest BCUT2D eigenvalue weighted by Crippen LogP contribution is 2.25. The lowest BCUT2D eigenvalue weighted by Gasteiger charge is -2.09. The van der Waals surface area contributed by atoms with Gasteiger partial charge in [0.25, 0.3) is 5.91 Å². The fourth-order valence-electron chi connectivity index (χ4n) is 3.11. The van der Waals surface area contributed by atoms with Crippen molar-refractivity contribution in [2.24, 2.45) is 0 Å². The Bertz CT molecular complexity index is 1270. The summed E-state index contributed by atoms with van der Waals surface area (Å²) in [4.78, 5) is 24.8. The van der Waals surface area contributed by atoms with Gasteiger partial charge in [-0.15, -0.1) is 0 Å². The van der Waals surface area contributed by atoms with E-state index >= 15 is 0 Å². The molecule has 0 saturated heterocycles. The molecule has 0 atom stereocenters. The molecule has 0 bridgehead atoms. The van der Waals surface area contributed by atoms with E-state index in [4.69, 9.17) is 13.9 Å². The van der Waals surface area contributed by atoms with E-state index in [1.165, 1.54) is 6.07 Å². The van der Waals surface area contributed by atoms with Crippen molar-refractivity contribution < 1.29 is 18.7 Å². The Morgan fingerprint density at radius 2 is 1.65 bits per heavy atom. The van der Waals surface area contributed by atoms with Crippen LogP contribution in [0.5, 0.6) is 11.5 Å². The molecule has 0 aliphatic rings. The van der Waals surface area contributed by atoms with Gasteiger partial charge < -0.3 is 19.2 Å². The van der Waals surface area contributed by atoms with Gasteiger partial charge in [0.15, 0.2) is 12.0 Å². The van der Waals surface area contributed by atoms with Gasteiger partial charge in [-0.2, -0.15) is 0 Å². The molecule has 4 rings (SSSR count). The summed E-state index contributed by atoms with van der Waals surface area (Å²) in [6, 6.07) is 21.1.